The molecule has 0 spiro atoms. The van der Waals surface area contributed by atoms with Gasteiger partial charge in [0.2, 0.25) is 5.91 Å². The van der Waals surface area contributed by atoms with Crippen molar-refractivity contribution in [3.05, 3.63) is 24.3 Å². The molecule has 1 aliphatic rings. The van der Waals surface area contributed by atoms with Crippen LogP contribution in [0.1, 0.15) is 19.8 Å². The van der Waals surface area contributed by atoms with Crippen molar-refractivity contribution in [1.82, 2.24) is 0 Å². The fourth-order valence-corrected chi connectivity index (χ4v) is 1.96. The Kier molecular flexibility index (Phi) is 3.94. The number of nitrogens with one attached hydrogen (secondary N) is 1. The molecule has 1 saturated carbocycles. The van der Waals surface area contributed by atoms with Crippen molar-refractivity contribution in [1.29, 1.82) is 0 Å². The van der Waals surface area contributed by atoms with Gasteiger partial charge in [0.1, 0.15) is 5.75 Å². The van der Waals surface area contributed by atoms with Crippen molar-refractivity contribution in [2.24, 2.45) is 11.7 Å². The van der Waals surface area contributed by atoms with E-state index in [1.165, 1.54) is 0 Å². The Morgan fingerprint density at radius 3 is 2.70 bits per heavy atom. The normalized spacial score (nSPS) is 17.1. The van der Waals surface area contributed by atoms with E-state index in [4.69, 9.17) is 15.6 Å². The summed E-state index contributed by atoms with van der Waals surface area (Å²) >= 11 is 0. The summed E-state index contributed by atoms with van der Waals surface area (Å²) in [7, 11) is 0. The van der Waals surface area contributed by atoms with Crippen molar-refractivity contribution in [3.8, 4) is 5.75 Å². The molecule has 1 aromatic rings. The molecular formula is C14H18N2O4. The van der Waals surface area contributed by atoms with E-state index in [2.05, 4.69) is 5.32 Å². The lowest BCUT2D eigenvalue weighted by Crippen LogP contribution is -2.50. The molecule has 0 heterocycles. The van der Waals surface area contributed by atoms with Gasteiger partial charge in [-0.2, -0.15) is 0 Å². The SMILES string of the molecule is CC(N)(C(=O)Nc1ccccc1OCC(=O)O)C1CC1. The van der Waals surface area contributed by atoms with Gasteiger partial charge < -0.3 is 20.9 Å². The second-order valence-corrected chi connectivity index (χ2v) is 5.19. The molecule has 0 aromatic heterocycles. The first-order valence-corrected chi connectivity index (χ1v) is 6.45. The zero-order chi connectivity index (χ0) is 14.8. The highest BCUT2D eigenvalue weighted by atomic mass is 16.5. The van der Waals surface area contributed by atoms with Crippen LogP contribution in [0.3, 0.4) is 0 Å². The van der Waals surface area contributed by atoms with E-state index in [-0.39, 0.29) is 11.8 Å². The van der Waals surface area contributed by atoms with Crippen LogP contribution in [0.25, 0.3) is 0 Å². The van der Waals surface area contributed by atoms with Gasteiger partial charge in [0.15, 0.2) is 6.61 Å². The number of aliphatic carboxylic acids is 1. The number of benzene rings is 1. The second kappa shape index (κ2) is 5.50. The van der Waals surface area contributed by atoms with Gasteiger partial charge in [0, 0.05) is 0 Å². The lowest BCUT2D eigenvalue weighted by atomic mass is 9.96. The van der Waals surface area contributed by atoms with Crippen LogP contribution in [0.2, 0.25) is 0 Å². The topological polar surface area (TPSA) is 102 Å². The number of amides is 1. The number of carboxylic acid groups (broad SMARTS) is 1. The van der Waals surface area contributed by atoms with Crippen LogP contribution in [-0.2, 0) is 9.59 Å². The number of carbonyl (C=O) groups excluding carboxylic acids is 1. The van der Waals surface area contributed by atoms with Crippen LogP contribution in [0.4, 0.5) is 5.69 Å². The van der Waals surface area contributed by atoms with Crippen LogP contribution < -0.4 is 15.8 Å². The average Bonchev–Trinajstić information content (AvgIpc) is 3.22. The van der Waals surface area contributed by atoms with E-state index in [9.17, 15) is 9.59 Å². The maximum Gasteiger partial charge on any atom is 0.341 e. The summed E-state index contributed by atoms with van der Waals surface area (Å²) in [5.74, 6) is -0.844. The fourth-order valence-electron chi connectivity index (χ4n) is 1.96. The van der Waals surface area contributed by atoms with Gasteiger partial charge in [0.05, 0.1) is 11.2 Å². The molecule has 0 saturated heterocycles. The summed E-state index contributed by atoms with van der Waals surface area (Å²) in [5, 5.41) is 11.3. The van der Waals surface area contributed by atoms with Gasteiger partial charge in [-0.15, -0.1) is 0 Å². The highest BCUT2D eigenvalue weighted by Crippen LogP contribution is 2.39. The number of nitrogens with two attached hydrogens (primary N) is 1. The fraction of sp³-hybridized carbons (Fsp3) is 0.429. The molecule has 6 heteroatoms. The predicted molar refractivity (Wildman–Crippen MR) is 73.5 cm³/mol. The number of rotatable bonds is 6. The van der Waals surface area contributed by atoms with Gasteiger partial charge in [0.25, 0.3) is 0 Å². The van der Waals surface area contributed by atoms with E-state index in [1.807, 2.05) is 0 Å². The minimum absolute atomic E-state index is 0.203. The zero-order valence-corrected chi connectivity index (χ0v) is 11.3. The van der Waals surface area contributed by atoms with E-state index in [0.717, 1.165) is 12.8 Å². The molecule has 0 radical (unpaired) electrons. The Morgan fingerprint density at radius 1 is 1.45 bits per heavy atom. The van der Waals surface area contributed by atoms with Crippen molar-refractivity contribution < 1.29 is 19.4 Å². The Balaban J connectivity index is 2.08. The summed E-state index contributed by atoms with van der Waals surface area (Å²) < 4.78 is 5.13. The maximum absolute atomic E-state index is 12.2. The van der Waals surface area contributed by atoms with Crippen LogP contribution in [0.15, 0.2) is 24.3 Å². The first kappa shape index (κ1) is 14.3. The largest absolute Gasteiger partial charge is 0.480 e. The van der Waals surface area contributed by atoms with Crippen molar-refractivity contribution in [3.63, 3.8) is 0 Å². The molecule has 1 aromatic carbocycles. The van der Waals surface area contributed by atoms with Crippen LogP contribution in [0, 0.1) is 5.92 Å². The third kappa shape index (κ3) is 3.27. The van der Waals surface area contributed by atoms with E-state index >= 15 is 0 Å². The summed E-state index contributed by atoms with van der Waals surface area (Å²) in [6, 6.07) is 6.69. The third-order valence-electron chi connectivity index (χ3n) is 3.40. The van der Waals surface area contributed by atoms with E-state index < -0.39 is 18.1 Å². The van der Waals surface area contributed by atoms with Crippen LogP contribution in [0.5, 0.6) is 5.75 Å². The minimum Gasteiger partial charge on any atom is -0.480 e. The Hall–Kier alpha value is -2.08. The highest BCUT2D eigenvalue weighted by molar-refractivity contribution is 5.99. The molecule has 1 fully saturated rings. The van der Waals surface area contributed by atoms with Gasteiger partial charge >= 0.3 is 5.97 Å². The monoisotopic (exact) mass is 278 g/mol. The maximum atomic E-state index is 12.2. The summed E-state index contributed by atoms with van der Waals surface area (Å²) in [4.78, 5) is 22.7. The first-order valence-electron chi connectivity index (χ1n) is 6.45. The van der Waals surface area contributed by atoms with Gasteiger partial charge in [-0.25, -0.2) is 4.79 Å². The lowest BCUT2D eigenvalue weighted by Gasteiger charge is -2.23. The first-order chi connectivity index (χ1) is 9.41. The zero-order valence-electron chi connectivity index (χ0n) is 11.3. The molecule has 108 valence electrons. The highest BCUT2D eigenvalue weighted by Gasteiger charge is 2.44. The average molecular weight is 278 g/mol. The minimum atomic E-state index is -1.08. The molecule has 1 unspecified atom stereocenters. The van der Waals surface area contributed by atoms with Crippen molar-refractivity contribution >= 4 is 17.6 Å². The number of para-hydroxylation sites is 2. The third-order valence-corrected chi connectivity index (χ3v) is 3.40. The van der Waals surface area contributed by atoms with Crippen LogP contribution in [-0.4, -0.2) is 29.1 Å². The van der Waals surface area contributed by atoms with Gasteiger partial charge in [-0.1, -0.05) is 12.1 Å². The van der Waals surface area contributed by atoms with E-state index in [0.29, 0.717) is 11.4 Å². The Labute approximate surface area is 116 Å². The predicted octanol–water partition coefficient (Wildman–Crippen LogP) is 1.22. The molecule has 1 amide bonds. The number of hydrogen-bond donors (Lipinski definition) is 3. The van der Waals surface area contributed by atoms with Crippen molar-refractivity contribution in [2.45, 2.75) is 25.3 Å². The molecule has 20 heavy (non-hydrogen) atoms. The quantitative estimate of drug-likeness (QED) is 0.726. The molecule has 0 aliphatic heterocycles. The lowest BCUT2D eigenvalue weighted by molar-refractivity contribution is -0.139. The standard InChI is InChI=1S/C14H18N2O4/c1-14(15,9-6-7-9)13(19)16-10-4-2-3-5-11(10)20-8-12(17)18/h2-5,9H,6-8,15H2,1H3,(H,16,19)(H,17,18). The molecule has 0 bridgehead atoms. The van der Waals surface area contributed by atoms with Crippen LogP contribution >= 0.6 is 0 Å². The van der Waals surface area contributed by atoms with Crippen molar-refractivity contribution in [2.75, 3.05) is 11.9 Å². The second-order valence-electron chi connectivity index (χ2n) is 5.19. The number of carboxylic acids is 1. The molecule has 2 rings (SSSR count). The molecular weight excluding hydrogens is 260 g/mol. The summed E-state index contributed by atoms with van der Waals surface area (Å²) in [5.41, 5.74) is 5.55. The Morgan fingerprint density at radius 2 is 2.10 bits per heavy atom. The number of ether oxygens (including phenoxy) is 1. The van der Waals surface area contributed by atoms with E-state index in [1.54, 1.807) is 31.2 Å². The van der Waals surface area contributed by atoms with Gasteiger partial charge in [-0.05, 0) is 37.8 Å². The number of anilines is 1. The smallest absolute Gasteiger partial charge is 0.341 e. The molecule has 4 N–H and O–H groups in total. The summed E-state index contributed by atoms with van der Waals surface area (Å²) in [6.45, 7) is 1.25. The summed E-state index contributed by atoms with van der Waals surface area (Å²) in [6.07, 6.45) is 1.91. The molecule has 1 aliphatic carbocycles. The molecule has 1 atom stereocenters. The number of hydrogen-bond acceptors (Lipinski definition) is 4. The number of carbonyl (C=O) groups is 2. The Bertz CT molecular complexity index is 524. The molecule has 6 nitrogen and oxygen atoms in total. The van der Waals surface area contributed by atoms with Gasteiger partial charge in [-0.3, -0.25) is 4.79 Å².